The Labute approximate surface area is 112 Å². The highest BCUT2D eigenvalue weighted by atomic mass is 19.2. The van der Waals surface area contributed by atoms with E-state index in [1.807, 2.05) is 0 Å². The Kier molecular flexibility index (Phi) is 4.88. The summed E-state index contributed by atoms with van der Waals surface area (Å²) in [5.74, 6) is -2.56. The Morgan fingerprint density at radius 3 is 2.37 bits per heavy atom. The normalized spacial score (nSPS) is 17.6. The van der Waals surface area contributed by atoms with Crippen LogP contribution in [0.4, 0.5) is 8.78 Å². The van der Waals surface area contributed by atoms with E-state index in [4.69, 9.17) is 0 Å². The van der Waals surface area contributed by atoms with E-state index in [-0.39, 0.29) is 11.6 Å². The van der Waals surface area contributed by atoms with E-state index in [0.717, 1.165) is 31.7 Å². The minimum absolute atomic E-state index is 0.0791. The predicted octanol–water partition coefficient (Wildman–Crippen LogP) is 3.81. The maximum Gasteiger partial charge on any atom is 0.254 e. The van der Waals surface area contributed by atoms with Crippen molar-refractivity contribution >= 4 is 5.91 Å². The number of carbonyl (C=O) groups excluding carboxylic acids is 1. The van der Waals surface area contributed by atoms with E-state index in [9.17, 15) is 13.6 Å². The average molecular weight is 267 g/mol. The molecule has 0 spiro atoms. The fourth-order valence-electron chi connectivity index (χ4n) is 2.54. The lowest BCUT2D eigenvalue weighted by molar-refractivity contribution is 0.0925. The second kappa shape index (κ2) is 6.64. The number of halogens is 2. The van der Waals surface area contributed by atoms with Gasteiger partial charge in [-0.2, -0.15) is 0 Å². The van der Waals surface area contributed by atoms with Crippen molar-refractivity contribution in [1.29, 1.82) is 0 Å². The second-order valence-electron chi connectivity index (χ2n) is 5.12. The molecule has 1 aromatic carbocycles. The van der Waals surface area contributed by atoms with Crippen LogP contribution in [0.25, 0.3) is 0 Å². The van der Waals surface area contributed by atoms with Gasteiger partial charge in [-0.1, -0.05) is 38.2 Å². The maximum absolute atomic E-state index is 13.5. The Hall–Kier alpha value is -1.45. The van der Waals surface area contributed by atoms with E-state index < -0.39 is 17.5 Å². The molecule has 1 saturated carbocycles. The van der Waals surface area contributed by atoms with E-state index in [1.54, 1.807) is 0 Å². The first-order valence-electron chi connectivity index (χ1n) is 6.93. The predicted molar refractivity (Wildman–Crippen MR) is 69.9 cm³/mol. The molecule has 1 aromatic rings. The number of hydrogen-bond donors (Lipinski definition) is 1. The van der Waals surface area contributed by atoms with Crippen LogP contribution in [0, 0.1) is 11.6 Å². The van der Waals surface area contributed by atoms with Gasteiger partial charge in [0, 0.05) is 6.04 Å². The molecule has 0 unspecified atom stereocenters. The smallest absolute Gasteiger partial charge is 0.254 e. The second-order valence-corrected chi connectivity index (χ2v) is 5.12. The minimum atomic E-state index is -1.06. The standard InChI is InChI=1S/C15H19F2NO/c16-13-10-6-9-12(14(13)17)15(19)18-11-7-4-2-1-3-5-8-11/h6,9-11H,1-5,7-8H2,(H,18,19). The summed E-state index contributed by atoms with van der Waals surface area (Å²) in [6.07, 6.45) is 7.61. The zero-order valence-electron chi connectivity index (χ0n) is 10.9. The van der Waals surface area contributed by atoms with Crippen LogP contribution in [-0.4, -0.2) is 11.9 Å². The largest absolute Gasteiger partial charge is 0.349 e. The van der Waals surface area contributed by atoms with Crippen LogP contribution in [0.2, 0.25) is 0 Å². The molecule has 2 rings (SSSR count). The SMILES string of the molecule is O=C(NC1CCCCCCC1)c1cccc(F)c1F. The number of hydrogen-bond acceptors (Lipinski definition) is 1. The van der Waals surface area contributed by atoms with Crippen molar-refractivity contribution in [1.82, 2.24) is 5.32 Å². The molecule has 0 heterocycles. The van der Waals surface area contributed by atoms with Gasteiger partial charge >= 0.3 is 0 Å². The summed E-state index contributed by atoms with van der Waals surface area (Å²) in [6.45, 7) is 0. The third kappa shape index (κ3) is 3.75. The fourth-order valence-corrected chi connectivity index (χ4v) is 2.54. The molecule has 19 heavy (non-hydrogen) atoms. The van der Waals surface area contributed by atoms with Crippen LogP contribution in [0.3, 0.4) is 0 Å². The Bertz CT molecular complexity index is 440. The zero-order valence-corrected chi connectivity index (χ0v) is 10.9. The first-order valence-corrected chi connectivity index (χ1v) is 6.93. The molecule has 0 aliphatic heterocycles. The van der Waals surface area contributed by atoms with Gasteiger partial charge in [0.15, 0.2) is 11.6 Å². The maximum atomic E-state index is 13.5. The number of nitrogens with one attached hydrogen (secondary N) is 1. The Balaban J connectivity index is 2.01. The van der Waals surface area contributed by atoms with Crippen LogP contribution < -0.4 is 5.32 Å². The number of amides is 1. The van der Waals surface area contributed by atoms with Crippen LogP contribution in [0.15, 0.2) is 18.2 Å². The van der Waals surface area contributed by atoms with Crippen LogP contribution in [0.5, 0.6) is 0 Å². The van der Waals surface area contributed by atoms with Crippen molar-refractivity contribution in [2.24, 2.45) is 0 Å². The van der Waals surface area contributed by atoms with Crippen molar-refractivity contribution in [2.75, 3.05) is 0 Å². The molecular weight excluding hydrogens is 248 g/mol. The summed E-state index contributed by atoms with van der Waals surface area (Å²) >= 11 is 0. The molecule has 0 atom stereocenters. The molecule has 1 N–H and O–H groups in total. The molecule has 1 fully saturated rings. The molecule has 0 aromatic heterocycles. The lowest BCUT2D eigenvalue weighted by atomic mass is 9.96. The molecule has 1 aliphatic rings. The average Bonchev–Trinajstić information content (AvgIpc) is 2.35. The van der Waals surface area contributed by atoms with Crippen molar-refractivity contribution in [2.45, 2.75) is 51.0 Å². The van der Waals surface area contributed by atoms with Gasteiger partial charge in [0.2, 0.25) is 0 Å². The number of rotatable bonds is 2. The van der Waals surface area contributed by atoms with Gasteiger partial charge in [0.05, 0.1) is 5.56 Å². The van der Waals surface area contributed by atoms with Gasteiger partial charge in [-0.3, -0.25) is 4.79 Å². The quantitative estimate of drug-likeness (QED) is 0.867. The molecular formula is C15H19F2NO. The lowest BCUT2D eigenvalue weighted by Crippen LogP contribution is -2.35. The fraction of sp³-hybridized carbons (Fsp3) is 0.533. The van der Waals surface area contributed by atoms with Crippen LogP contribution >= 0.6 is 0 Å². The zero-order chi connectivity index (χ0) is 13.7. The van der Waals surface area contributed by atoms with E-state index in [0.29, 0.717) is 0 Å². The van der Waals surface area contributed by atoms with E-state index >= 15 is 0 Å². The Morgan fingerprint density at radius 1 is 1.05 bits per heavy atom. The molecule has 104 valence electrons. The highest BCUT2D eigenvalue weighted by molar-refractivity contribution is 5.94. The minimum Gasteiger partial charge on any atom is -0.349 e. The molecule has 4 heteroatoms. The van der Waals surface area contributed by atoms with Gasteiger partial charge in [-0.15, -0.1) is 0 Å². The lowest BCUT2D eigenvalue weighted by Gasteiger charge is -2.21. The van der Waals surface area contributed by atoms with Crippen molar-refractivity contribution in [3.63, 3.8) is 0 Å². The topological polar surface area (TPSA) is 29.1 Å². The highest BCUT2D eigenvalue weighted by Crippen LogP contribution is 2.18. The van der Waals surface area contributed by atoms with Gasteiger partial charge in [0.1, 0.15) is 0 Å². The summed E-state index contributed by atoms with van der Waals surface area (Å²) in [5.41, 5.74) is -0.206. The molecule has 0 saturated heterocycles. The Morgan fingerprint density at radius 2 is 1.68 bits per heavy atom. The molecule has 0 bridgehead atoms. The summed E-state index contributed by atoms with van der Waals surface area (Å²) in [7, 11) is 0. The van der Waals surface area contributed by atoms with Crippen molar-refractivity contribution in [3.05, 3.63) is 35.4 Å². The van der Waals surface area contributed by atoms with Gasteiger partial charge in [0.25, 0.3) is 5.91 Å². The monoisotopic (exact) mass is 267 g/mol. The van der Waals surface area contributed by atoms with Crippen molar-refractivity contribution < 1.29 is 13.6 Å². The van der Waals surface area contributed by atoms with E-state index in [2.05, 4.69) is 5.32 Å². The number of benzene rings is 1. The van der Waals surface area contributed by atoms with E-state index in [1.165, 1.54) is 31.4 Å². The molecule has 1 aliphatic carbocycles. The summed E-state index contributed by atoms with van der Waals surface area (Å²) in [4.78, 5) is 12.0. The molecule has 1 amide bonds. The summed E-state index contributed by atoms with van der Waals surface area (Å²) in [6, 6.07) is 3.76. The summed E-state index contributed by atoms with van der Waals surface area (Å²) in [5, 5.41) is 2.83. The third-order valence-corrected chi connectivity index (χ3v) is 3.64. The molecule has 0 radical (unpaired) electrons. The van der Waals surface area contributed by atoms with Crippen molar-refractivity contribution in [3.8, 4) is 0 Å². The van der Waals surface area contributed by atoms with Crippen LogP contribution in [0.1, 0.15) is 55.3 Å². The van der Waals surface area contributed by atoms with Gasteiger partial charge < -0.3 is 5.32 Å². The highest BCUT2D eigenvalue weighted by Gasteiger charge is 2.19. The van der Waals surface area contributed by atoms with Gasteiger partial charge in [-0.05, 0) is 25.0 Å². The van der Waals surface area contributed by atoms with Gasteiger partial charge in [-0.25, -0.2) is 8.78 Å². The summed E-state index contributed by atoms with van der Waals surface area (Å²) < 4.78 is 26.6. The number of carbonyl (C=O) groups is 1. The third-order valence-electron chi connectivity index (χ3n) is 3.64. The van der Waals surface area contributed by atoms with Crippen LogP contribution in [-0.2, 0) is 0 Å². The molecule has 2 nitrogen and oxygen atoms in total. The first kappa shape index (κ1) is 14.0. The first-order chi connectivity index (χ1) is 9.18.